The van der Waals surface area contributed by atoms with Crippen LogP contribution in [0.25, 0.3) is 0 Å². The van der Waals surface area contributed by atoms with Gasteiger partial charge in [-0.3, -0.25) is 0 Å². The molecule has 3 rings (SSSR count). The zero-order chi connectivity index (χ0) is 13.9. The van der Waals surface area contributed by atoms with E-state index in [4.69, 9.17) is 0 Å². The first kappa shape index (κ1) is 15.3. The molecule has 0 aliphatic heterocycles. The largest absolute Gasteiger partial charge is 0.134 e. The van der Waals surface area contributed by atoms with Gasteiger partial charge in [0.25, 0.3) is 0 Å². The lowest BCUT2D eigenvalue weighted by Gasteiger charge is -2.43. The Bertz CT molecular complexity index is 286. The summed E-state index contributed by atoms with van der Waals surface area (Å²) in [7, 11) is 3.27. The van der Waals surface area contributed by atoms with E-state index in [9.17, 15) is 0 Å². The second kappa shape index (κ2) is 7.13. The van der Waals surface area contributed by atoms with Crippen LogP contribution in [0.2, 0.25) is 0 Å². The predicted molar refractivity (Wildman–Crippen MR) is 92.0 cm³/mol. The predicted octanol–water partition coefficient (Wildman–Crippen LogP) is 6.05. The van der Waals surface area contributed by atoms with Crippen LogP contribution < -0.4 is 0 Å². The van der Waals surface area contributed by atoms with Gasteiger partial charge in [-0.25, -0.2) is 0 Å². The molecule has 116 valence electrons. The van der Waals surface area contributed by atoms with Crippen LogP contribution in [0.4, 0.5) is 0 Å². The van der Waals surface area contributed by atoms with Crippen LogP contribution in [0.3, 0.4) is 0 Å². The molecule has 0 saturated heterocycles. The highest BCUT2D eigenvalue weighted by Gasteiger charge is 2.37. The molecule has 0 nitrogen and oxygen atoms in total. The van der Waals surface area contributed by atoms with E-state index in [1.807, 2.05) is 0 Å². The van der Waals surface area contributed by atoms with Crippen molar-refractivity contribution in [2.75, 3.05) is 0 Å². The summed E-state index contributed by atoms with van der Waals surface area (Å²) < 4.78 is 0. The lowest BCUT2D eigenvalue weighted by Crippen LogP contribution is -2.35. The maximum absolute atomic E-state index is 3.27. The Balaban J connectivity index is 1.51. The highest BCUT2D eigenvalue weighted by molar-refractivity contribution is 7.17. The summed E-state index contributed by atoms with van der Waals surface area (Å²) in [6.07, 6.45) is 18.4. The second-order valence-corrected chi connectivity index (χ2v) is 9.18. The van der Waals surface area contributed by atoms with E-state index in [2.05, 4.69) is 16.2 Å². The van der Waals surface area contributed by atoms with Crippen molar-refractivity contribution in [1.82, 2.24) is 0 Å². The Labute approximate surface area is 129 Å². The first-order chi connectivity index (χ1) is 9.74. The fourth-order valence-electron chi connectivity index (χ4n) is 5.60. The van der Waals surface area contributed by atoms with Gasteiger partial charge in [0.2, 0.25) is 0 Å². The summed E-state index contributed by atoms with van der Waals surface area (Å²) in [6, 6.07) is 0. The summed E-state index contributed by atoms with van der Waals surface area (Å²) in [5.74, 6) is 5.30. The van der Waals surface area contributed by atoms with Gasteiger partial charge in [0.15, 0.2) is 0 Å². The van der Waals surface area contributed by atoms with Crippen LogP contribution >= 0.6 is 9.24 Å². The van der Waals surface area contributed by atoms with Crippen molar-refractivity contribution >= 4 is 9.24 Å². The van der Waals surface area contributed by atoms with E-state index < -0.39 is 0 Å². The molecule has 0 spiro atoms. The summed E-state index contributed by atoms with van der Waals surface area (Å²) in [5.41, 5.74) is 0.939. The molecule has 0 aromatic rings. The molecule has 0 radical (unpaired) electrons. The highest BCUT2D eigenvalue weighted by Crippen LogP contribution is 2.47. The summed E-state index contributed by atoms with van der Waals surface area (Å²) in [6.45, 7) is 2.45. The summed E-state index contributed by atoms with van der Waals surface area (Å²) in [4.78, 5) is 0. The van der Waals surface area contributed by atoms with Gasteiger partial charge in [0.05, 0.1) is 0 Å². The third kappa shape index (κ3) is 3.60. The quantitative estimate of drug-likeness (QED) is 0.544. The van der Waals surface area contributed by atoms with E-state index in [1.54, 1.807) is 25.7 Å². The SMILES string of the molecule is CC1CCC(C2CCC(C3CCCCC3)CC2P)CC1. The van der Waals surface area contributed by atoms with Crippen molar-refractivity contribution in [2.24, 2.45) is 29.6 Å². The first-order valence-electron chi connectivity index (χ1n) is 9.49. The molecule has 3 aliphatic rings. The van der Waals surface area contributed by atoms with Crippen molar-refractivity contribution in [1.29, 1.82) is 0 Å². The van der Waals surface area contributed by atoms with Gasteiger partial charge in [0, 0.05) is 0 Å². The lowest BCUT2D eigenvalue weighted by atomic mass is 9.65. The van der Waals surface area contributed by atoms with Gasteiger partial charge >= 0.3 is 0 Å². The molecule has 0 N–H and O–H groups in total. The van der Waals surface area contributed by atoms with Gasteiger partial charge < -0.3 is 0 Å². The van der Waals surface area contributed by atoms with Crippen molar-refractivity contribution < 1.29 is 0 Å². The number of hydrogen-bond donors (Lipinski definition) is 0. The van der Waals surface area contributed by atoms with Crippen molar-refractivity contribution in [3.05, 3.63) is 0 Å². The molecule has 0 heterocycles. The standard InChI is InChI=1S/C19H35P/c1-14-7-9-16(10-8-14)18-12-11-17(13-19(18)20)15-5-3-2-4-6-15/h14-19H,2-13,20H2,1H3. The molecule has 0 aromatic heterocycles. The molecular formula is C19H35P. The zero-order valence-corrected chi connectivity index (χ0v) is 14.7. The van der Waals surface area contributed by atoms with E-state index in [-0.39, 0.29) is 0 Å². The van der Waals surface area contributed by atoms with Crippen LogP contribution in [-0.4, -0.2) is 5.66 Å². The normalized spacial score (nSPS) is 44.4. The topological polar surface area (TPSA) is 0 Å². The van der Waals surface area contributed by atoms with Crippen LogP contribution in [-0.2, 0) is 0 Å². The Hall–Kier alpha value is 0.430. The molecular weight excluding hydrogens is 259 g/mol. The molecule has 3 saturated carbocycles. The molecule has 20 heavy (non-hydrogen) atoms. The van der Waals surface area contributed by atoms with E-state index in [1.165, 1.54) is 51.4 Å². The van der Waals surface area contributed by atoms with Crippen LogP contribution in [0.5, 0.6) is 0 Å². The maximum Gasteiger partial charge on any atom is -0.0230 e. The van der Waals surface area contributed by atoms with Crippen molar-refractivity contribution in [3.8, 4) is 0 Å². The molecule has 3 fully saturated rings. The number of hydrogen-bond acceptors (Lipinski definition) is 0. The minimum Gasteiger partial charge on any atom is -0.134 e. The molecule has 4 atom stereocenters. The van der Waals surface area contributed by atoms with Crippen LogP contribution in [0.1, 0.15) is 84.0 Å². The molecule has 0 aromatic carbocycles. The fraction of sp³-hybridized carbons (Fsp3) is 1.00. The third-order valence-corrected chi connectivity index (χ3v) is 7.74. The van der Waals surface area contributed by atoms with Crippen molar-refractivity contribution in [3.63, 3.8) is 0 Å². The fourth-order valence-corrected chi connectivity index (χ4v) is 6.45. The highest BCUT2D eigenvalue weighted by atomic mass is 31.0. The van der Waals surface area contributed by atoms with Gasteiger partial charge in [-0.15, -0.1) is 9.24 Å². The summed E-state index contributed by atoms with van der Waals surface area (Å²) >= 11 is 0. The third-order valence-electron chi connectivity index (χ3n) is 6.98. The first-order valence-corrected chi connectivity index (χ1v) is 10.2. The Morgan fingerprint density at radius 1 is 0.650 bits per heavy atom. The minimum atomic E-state index is 0.939. The summed E-state index contributed by atoms with van der Waals surface area (Å²) in [5, 5.41) is 0. The second-order valence-electron chi connectivity index (χ2n) is 8.32. The van der Waals surface area contributed by atoms with Gasteiger partial charge in [-0.05, 0) is 67.4 Å². The van der Waals surface area contributed by atoms with E-state index in [0.717, 1.165) is 35.2 Å². The Morgan fingerprint density at radius 2 is 1.30 bits per heavy atom. The van der Waals surface area contributed by atoms with Gasteiger partial charge in [-0.2, -0.15) is 0 Å². The van der Waals surface area contributed by atoms with Crippen LogP contribution in [0, 0.1) is 29.6 Å². The van der Waals surface area contributed by atoms with Gasteiger partial charge in [-0.1, -0.05) is 51.9 Å². The van der Waals surface area contributed by atoms with Crippen molar-refractivity contribution in [2.45, 2.75) is 89.6 Å². The van der Waals surface area contributed by atoms with Gasteiger partial charge in [0.1, 0.15) is 0 Å². The molecule has 4 unspecified atom stereocenters. The molecule has 3 aliphatic carbocycles. The Morgan fingerprint density at radius 3 is 1.95 bits per heavy atom. The van der Waals surface area contributed by atoms with E-state index in [0.29, 0.717) is 0 Å². The zero-order valence-electron chi connectivity index (χ0n) is 13.5. The Kier molecular flexibility index (Phi) is 5.46. The smallest absolute Gasteiger partial charge is 0.0230 e. The molecule has 0 amide bonds. The lowest BCUT2D eigenvalue weighted by molar-refractivity contribution is 0.120. The number of rotatable bonds is 2. The maximum atomic E-state index is 3.27. The molecule has 1 heteroatoms. The average Bonchev–Trinajstić information content (AvgIpc) is 2.49. The van der Waals surface area contributed by atoms with Crippen LogP contribution in [0.15, 0.2) is 0 Å². The van der Waals surface area contributed by atoms with E-state index >= 15 is 0 Å². The average molecular weight is 294 g/mol. The molecule has 0 bridgehead atoms. The monoisotopic (exact) mass is 294 g/mol. The minimum absolute atomic E-state index is 0.939.